The maximum absolute atomic E-state index is 6.34. The highest BCUT2D eigenvalue weighted by atomic mass is 16.5. The average Bonchev–Trinajstić information content (AvgIpc) is 3.42. The number of hydrogen-bond donors (Lipinski definition) is 2. The number of aromatic nitrogens is 3. The molecule has 2 aromatic heterocycles. The molecule has 0 saturated carbocycles. The number of ether oxygens (including phenoxy) is 1. The predicted octanol–water partition coefficient (Wildman–Crippen LogP) is 5.17. The first-order valence-corrected chi connectivity index (χ1v) is 12.2. The van der Waals surface area contributed by atoms with Crippen LogP contribution in [0.2, 0.25) is 0 Å². The molecule has 3 atom stereocenters. The van der Waals surface area contributed by atoms with Gasteiger partial charge in [0.1, 0.15) is 5.82 Å². The average molecular weight is 456 g/mol. The van der Waals surface area contributed by atoms with E-state index >= 15 is 0 Å². The van der Waals surface area contributed by atoms with Gasteiger partial charge in [0.15, 0.2) is 0 Å². The summed E-state index contributed by atoms with van der Waals surface area (Å²) in [6.45, 7) is 1.02. The second-order valence-corrected chi connectivity index (χ2v) is 9.10. The van der Waals surface area contributed by atoms with Crippen molar-refractivity contribution in [2.45, 2.75) is 50.9 Å². The summed E-state index contributed by atoms with van der Waals surface area (Å²) < 4.78 is 5.40. The van der Waals surface area contributed by atoms with Gasteiger partial charge in [-0.3, -0.25) is 4.98 Å². The Hall–Kier alpha value is -3.22. The Morgan fingerprint density at radius 2 is 2.15 bits per heavy atom. The topological polar surface area (TPSA) is 80.1 Å². The number of H-pyrrole nitrogens is 1. The predicted molar refractivity (Wildman–Crippen MR) is 135 cm³/mol. The minimum atomic E-state index is 0.0210. The van der Waals surface area contributed by atoms with Crippen LogP contribution in [0.15, 0.2) is 73.2 Å². The fourth-order valence-electron chi connectivity index (χ4n) is 5.49. The van der Waals surface area contributed by atoms with Crippen molar-refractivity contribution in [2.24, 2.45) is 11.7 Å². The van der Waals surface area contributed by atoms with E-state index in [-0.39, 0.29) is 18.0 Å². The number of allylic oxidation sites excluding steroid dienone is 3. The molecule has 34 heavy (non-hydrogen) atoms. The number of anilines is 1. The Labute approximate surface area is 201 Å². The highest BCUT2D eigenvalue weighted by Gasteiger charge is 2.38. The maximum Gasteiger partial charge on any atom is 0.129 e. The molecule has 6 heteroatoms. The molecular weight excluding hydrogens is 422 g/mol. The minimum absolute atomic E-state index is 0.0210. The molecule has 2 aliphatic carbocycles. The number of rotatable bonds is 8. The van der Waals surface area contributed by atoms with Crippen molar-refractivity contribution in [3.63, 3.8) is 0 Å². The fourth-order valence-corrected chi connectivity index (χ4v) is 5.49. The van der Waals surface area contributed by atoms with Crippen LogP contribution in [0.1, 0.15) is 59.6 Å². The van der Waals surface area contributed by atoms with Crippen LogP contribution in [0.25, 0.3) is 0 Å². The van der Waals surface area contributed by atoms with Crippen molar-refractivity contribution in [2.75, 3.05) is 12.0 Å². The van der Waals surface area contributed by atoms with Crippen LogP contribution in [-0.4, -0.2) is 22.1 Å². The van der Waals surface area contributed by atoms with Gasteiger partial charge in [-0.25, -0.2) is 4.98 Å². The van der Waals surface area contributed by atoms with Crippen molar-refractivity contribution in [1.29, 1.82) is 0 Å². The lowest BCUT2D eigenvalue weighted by atomic mass is 9.84. The number of pyridine rings is 1. The standard InChI is InChI=1S/C28H33N5O/c1-34-19-20-12-13-24(23(17-20)18-29)33(25-11-5-9-21-10-6-14-30-26(21)25)27(28-31-15-16-32-28)22-7-3-2-4-8-22/h2-4,6-7,10,12-17,22,25,27H,5,8-9,11,18-19,29H2,1H3,(H,31,32). The van der Waals surface area contributed by atoms with Gasteiger partial charge in [-0.2, -0.15) is 0 Å². The number of nitrogens with two attached hydrogens (primary N) is 1. The maximum atomic E-state index is 6.34. The number of methoxy groups -OCH3 is 1. The molecule has 0 amide bonds. The van der Waals surface area contributed by atoms with Crippen molar-refractivity contribution in [1.82, 2.24) is 15.0 Å². The molecule has 3 aromatic rings. The van der Waals surface area contributed by atoms with Crippen molar-refractivity contribution < 1.29 is 4.74 Å². The van der Waals surface area contributed by atoms with Crippen LogP contribution in [0.3, 0.4) is 0 Å². The molecule has 1 aromatic carbocycles. The zero-order valence-corrected chi connectivity index (χ0v) is 19.7. The van der Waals surface area contributed by atoms with E-state index < -0.39 is 0 Å². The summed E-state index contributed by atoms with van der Waals surface area (Å²) in [5.41, 5.74) is 12.2. The molecule has 2 aliphatic rings. The van der Waals surface area contributed by atoms with E-state index in [1.165, 1.54) is 11.3 Å². The van der Waals surface area contributed by atoms with Gasteiger partial charge >= 0.3 is 0 Å². The molecule has 0 bridgehead atoms. The van der Waals surface area contributed by atoms with E-state index in [2.05, 4.69) is 64.5 Å². The molecule has 5 rings (SSSR count). The van der Waals surface area contributed by atoms with Gasteiger partial charge in [-0.1, -0.05) is 42.5 Å². The van der Waals surface area contributed by atoms with E-state index in [1.54, 1.807) is 7.11 Å². The van der Waals surface area contributed by atoms with Gasteiger partial charge in [0.2, 0.25) is 0 Å². The summed E-state index contributed by atoms with van der Waals surface area (Å²) >= 11 is 0. The number of imidazole rings is 1. The largest absolute Gasteiger partial charge is 0.380 e. The lowest BCUT2D eigenvalue weighted by Crippen LogP contribution is -2.40. The number of nitrogens with zero attached hydrogens (tertiary/aromatic N) is 3. The highest BCUT2D eigenvalue weighted by Crippen LogP contribution is 2.45. The lowest BCUT2D eigenvalue weighted by molar-refractivity contribution is 0.185. The fraction of sp³-hybridized carbons (Fsp3) is 0.357. The first-order chi connectivity index (χ1) is 16.8. The molecule has 3 unspecified atom stereocenters. The Balaban J connectivity index is 1.69. The van der Waals surface area contributed by atoms with Crippen molar-refractivity contribution in [3.05, 3.63) is 101 Å². The lowest BCUT2D eigenvalue weighted by Gasteiger charge is -2.44. The summed E-state index contributed by atoms with van der Waals surface area (Å²) in [5.74, 6) is 1.24. The number of nitrogens with one attached hydrogen (secondary N) is 1. The molecular formula is C28H33N5O. The summed E-state index contributed by atoms with van der Waals surface area (Å²) in [6.07, 6.45) is 18.7. The quantitative estimate of drug-likeness (QED) is 0.490. The van der Waals surface area contributed by atoms with Crippen molar-refractivity contribution >= 4 is 5.69 Å². The number of aromatic amines is 1. The van der Waals surface area contributed by atoms with Crippen LogP contribution in [0.4, 0.5) is 5.69 Å². The van der Waals surface area contributed by atoms with Crippen LogP contribution in [-0.2, 0) is 24.3 Å². The summed E-state index contributed by atoms with van der Waals surface area (Å²) in [5, 5.41) is 0. The van der Waals surface area contributed by atoms with Gasteiger partial charge in [-0.15, -0.1) is 0 Å². The Kier molecular flexibility index (Phi) is 6.88. The Bertz CT molecular complexity index is 1150. The third kappa shape index (κ3) is 4.43. The summed E-state index contributed by atoms with van der Waals surface area (Å²) in [6, 6.07) is 11.0. The third-order valence-corrected chi connectivity index (χ3v) is 6.97. The van der Waals surface area contributed by atoms with Crippen LogP contribution in [0.5, 0.6) is 0 Å². The van der Waals surface area contributed by atoms with Gasteiger partial charge in [0, 0.05) is 43.9 Å². The number of hydrogen-bond acceptors (Lipinski definition) is 5. The molecule has 6 nitrogen and oxygen atoms in total. The SMILES string of the molecule is COCc1ccc(N(C2CCCc3cccnc32)C(c2ncc[nH]2)C2C=CC=CC2)c(CN)c1. The number of aryl methyl sites for hydroxylation is 1. The zero-order chi connectivity index (χ0) is 23.3. The molecule has 0 saturated heterocycles. The van der Waals surface area contributed by atoms with Gasteiger partial charge < -0.3 is 20.4 Å². The third-order valence-electron chi connectivity index (χ3n) is 6.97. The first-order valence-electron chi connectivity index (χ1n) is 12.2. The van der Waals surface area contributed by atoms with Crippen LogP contribution < -0.4 is 10.6 Å². The molecule has 0 fully saturated rings. The highest BCUT2D eigenvalue weighted by molar-refractivity contribution is 5.59. The molecule has 176 valence electrons. The van der Waals surface area contributed by atoms with Crippen LogP contribution in [0, 0.1) is 5.92 Å². The molecule has 0 radical (unpaired) electrons. The van der Waals surface area contributed by atoms with Gasteiger partial charge in [0.25, 0.3) is 0 Å². The number of benzene rings is 1. The molecule has 0 spiro atoms. The first kappa shape index (κ1) is 22.6. The zero-order valence-electron chi connectivity index (χ0n) is 19.7. The molecule has 0 aliphatic heterocycles. The van der Waals surface area contributed by atoms with Gasteiger partial charge in [-0.05, 0) is 54.5 Å². The van der Waals surface area contributed by atoms with E-state index in [1.807, 2.05) is 18.6 Å². The van der Waals surface area contributed by atoms with E-state index in [4.69, 9.17) is 20.4 Å². The Morgan fingerprint density at radius 3 is 2.91 bits per heavy atom. The van der Waals surface area contributed by atoms with Gasteiger partial charge in [0.05, 0.1) is 24.4 Å². The monoisotopic (exact) mass is 455 g/mol. The Morgan fingerprint density at radius 1 is 1.21 bits per heavy atom. The summed E-state index contributed by atoms with van der Waals surface area (Å²) in [7, 11) is 1.73. The van der Waals surface area contributed by atoms with E-state index in [0.717, 1.165) is 48.3 Å². The molecule has 2 heterocycles. The van der Waals surface area contributed by atoms with Crippen molar-refractivity contribution in [3.8, 4) is 0 Å². The van der Waals surface area contributed by atoms with E-state index in [9.17, 15) is 0 Å². The minimum Gasteiger partial charge on any atom is -0.380 e. The second kappa shape index (κ2) is 10.4. The van der Waals surface area contributed by atoms with E-state index in [0.29, 0.717) is 13.2 Å². The normalized spacial score (nSPS) is 20.2. The molecule has 3 N–H and O–H groups in total. The second-order valence-electron chi connectivity index (χ2n) is 9.10. The van der Waals surface area contributed by atoms with Crippen LogP contribution >= 0.6 is 0 Å². The number of fused-ring (bicyclic) bond motifs is 1. The smallest absolute Gasteiger partial charge is 0.129 e. The summed E-state index contributed by atoms with van der Waals surface area (Å²) in [4.78, 5) is 15.7.